The molecule has 1 N–H and O–H groups in total. The van der Waals surface area contributed by atoms with E-state index in [2.05, 4.69) is 17.3 Å². The van der Waals surface area contributed by atoms with E-state index in [1.165, 1.54) is 6.07 Å². The molecule has 1 aromatic rings. The maximum Gasteiger partial charge on any atom is 0.123 e. The van der Waals surface area contributed by atoms with Gasteiger partial charge in [0.25, 0.3) is 0 Å². The fourth-order valence-corrected chi connectivity index (χ4v) is 1.71. The Balaban J connectivity index is 2.05. The molecule has 0 amide bonds. The van der Waals surface area contributed by atoms with Crippen molar-refractivity contribution < 1.29 is 9.13 Å². The number of hydrogen-bond acceptors (Lipinski definition) is 3. The summed E-state index contributed by atoms with van der Waals surface area (Å²) in [5.74, 6) is -0.173. The van der Waals surface area contributed by atoms with Crippen LogP contribution in [0.25, 0.3) is 0 Å². The molecular weight excluding hydrogens is 231 g/mol. The molecule has 0 atom stereocenters. The first-order valence-corrected chi connectivity index (χ1v) is 6.35. The lowest BCUT2D eigenvalue weighted by molar-refractivity contribution is 0.160. The van der Waals surface area contributed by atoms with Gasteiger partial charge < -0.3 is 15.0 Å². The van der Waals surface area contributed by atoms with Gasteiger partial charge in [-0.1, -0.05) is 12.1 Å². The topological polar surface area (TPSA) is 24.5 Å². The van der Waals surface area contributed by atoms with E-state index in [4.69, 9.17) is 4.74 Å². The highest BCUT2D eigenvalue weighted by molar-refractivity contribution is 5.15. The van der Waals surface area contributed by atoms with Gasteiger partial charge in [0, 0.05) is 20.2 Å². The first-order valence-electron chi connectivity index (χ1n) is 6.35. The molecule has 0 aliphatic heterocycles. The molecule has 0 aliphatic rings. The van der Waals surface area contributed by atoms with Crippen molar-refractivity contribution in [1.29, 1.82) is 0 Å². The Kier molecular flexibility index (Phi) is 7.57. The van der Waals surface area contributed by atoms with Gasteiger partial charge in [-0.15, -0.1) is 0 Å². The van der Waals surface area contributed by atoms with Crippen molar-refractivity contribution in [1.82, 2.24) is 10.2 Å². The molecule has 0 saturated carbocycles. The highest BCUT2D eigenvalue weighted by atomic mass is 19.1. The summed E-state index contributed by atoms with van der Waals surface area (Å²) in [6, 6.07) is 6.71. The van der Waals surface area contributed by atoms with Crippen LogP contribution in [-0.2, 0) is 11.3 Å². The van der Waals surface area contributed by atoms with Crippen LogP contribution in [0.15, 0.2) is 24.3 Å². The molecule has 18 heavy (non-hydrogen) atoms. The van der Waals surface area contributed by atoms with E-state index < -0.39 is 0 Å². The van der Waals surface area contributed by atoms with Crippen molar-refractivity contribution in [3.63, 3.8) is 0 Å². The van der Waals surface area contributed by atoms with Gasteiger partial charge in [0.1, 0.15) is 5.82 Å². The van der Waals surface area contributed by atoms with Gasteiger partial charge in [-0.05, 0) is 44.3 Å². The van der Waals surface area contributed by atoms with E-state index >= 15 is 0 Å². The fourth-order valence-electron chi connectivity index (χ4n) is 1.71. The summed E-state index contributed by atoms with van der Waals surface area (Å²) >= 11 is 0. The van der Waals surface area contributed by atoms with Crippen molar-refractivity contribution in [2.24, 2.45) is 0 Å². The van der Waals surface area contributed by atoms with Gasteiger partial charge in [-0.2, -0.15) is 0 Å². The van der Waals surface area contributed by atoms with Crippen molar-refractivity contribution in [2.45, 2.75) is 13.0 Å². The van der Waals surface area contributed by atoms with Crippen LogP contribution in [0.3, 0.4) is 0 Å². The highest BCUT2D eigenvalue weighted by Crippen LogP contribution is 2.02. The quantitative estimate of drug-likeness (QED) is 0.681. The average Bonchev–Trinajstić information content (AvgIpc) is 2.36. The Hall–Kier alpha value is -0.970. The number of ether oxygens (including phenoxy) is 1. The number of methoxy groups -OCH3 is 1. The zero-order valence-electron chi connectivity index (χ0n) is 11.3. The smallest absolute Gasteiger partial charge is 0.123 e. The van der Waals surface area contributed by atoms with E-state index in [0.29, 0.717) is 0 Å². The van der Waals surface area contributed by atoms with Gasteiger partial charge in [0.15, 0.2) is 0 Å². The normalized spacial score (nSPS) is 11.1. The first-order chi connectivity index (χ1) is 8.72. The van der Waals surface area contributed by atoms with Gasteiger partial charge >= 0.3 is 0 Å². The molecule has 0 bridgehead atoms. The largest absolute Gasteiger partial charge is 0.383 e. The molecule has 0 unspecified atom stereocenters. The minimum absolute atomic E-state index is 0.173. The van der Waals surface area contributed by atoms with E-state index in [-0.39, 0.29) is 5.82 Å². The predicted octanol–water partition coefficient (Wildman–Crippen LogP) is 1.88. The predicted molar refractivity (Wildman–Crippen MR) is 72.1 cm³/mol. The second kappa shape index (κ2) is 9.03. The van der Waals surface area contributed by atoms with Crippen molar-refractivity contribution in [3.8, 4) is 0 Å². The molecule has 102 valence electrons. The number of nitrogens with one attached hydrogen (secondary N) is 1. The van der Waals surface area contributed by atoms with Gasteiger partial charge in [0.05, 0.1) is 6.61 Å². The molecule has 4 heteroatoms. The SMILES string of the molecule is COCCN(C)CCCNCc1cccc(F)c1. The lowest BCUT2D eigenvalue weighted by Crippen LogP contribution is -2.26. The van der Waals surface area contributed by atoms with Crippen LogP contribution in [0.2, 0.25) is 0 Å². The molecule has 3 nitrogen and oxygen atoms in total. The van der Waals surface area contributed by atoms with Crippen LogP contribution in [0.4, 0.5) is 4.39 Å². The molecule has 0 saturated heterocycles. The second-order valence-electron chi connectivity index (χ2n) is 4.46. The molecule has 0 heterocycles. The van der Waals surface area contributed by atoms with Gasteiger partial charge in [-0.3, -0.25) is 0 Å². The summed E-state index contributed by atoms with van der Waals surface area (Å²) in [6.07, 6.45) is 1.08. The number of rotatable bonds is 9. The van der Waals surface area contributed by atoms with Crippen molar-refractivity contribution in [3.05, 3.63) is 35.6 Å². The Morgan fingerprint density at radius 1 is 1.33 bits per heavy atom. The maximum atomic E-state index is 12.9. The molecule has 0 aromatic heterocycles. The lowest BCUT2D eigenvalue weighted by atomic mass is 10.2. The molecular formula is C14H23FN2O. The maximum absolute atomic E-state index is 12.9. The third-order valence-corrected chi connectivity index (χ3v) is 2.79. The zero-order valence-corrected chi connectivity index (χ0v) is 11.3. The second-order valence-corrected chi connectivity index (χ2v) is 4.46. The van der Waals surface area contributed by atoms with Crippen LogP contribution in [0, 0.1) is 5.82 Å². The zero-order chi connectivity index (χ0) is 13.2. The van der Waals surface area contributed by atoms with Gasteiger partial charge in [-0.25, -0.2) is 4.39 Å². The number of halogens is 1. The van der Waals surface area contributed by atoms with E-state index in [1.54, 1.807) is 19.2 Å². The van der Waals surface area contributed by atoms with Crippen LogP contribution >= 0.6 is 0 Å². The molecule has 0 fully saturated rings. The summed E-state index contributed by atoms with van der Waals surface area (Å²) in [6.45, 7) is 4.43. The Labute approximate surface area is 109 Å². The van der Waals surface area contributed by atoms with Crippen LogP contribution in [0.1, 0.15) is 12.0 Å². The third-order valence-electron chi connectivity index (χ3n) is 2.79. The van der Waals surface area contributed by atoms with Gasteiger partial charge in [0.2, 0.25) is 0 Å². The standard InChI is InChI=1S/C14H23FN2O/c1-17(9-10-18-2)8-4-7-16-12-13-5-3-6-14(15)11-13/h3,5-6,11,16H,4,7-10,12H2,1-2H3. The molecule has 0 radical (unpaired) electrons. The summed E-state index contributed by atoms with van der Waals surface area (Å²) in [4.78, 5) is 2.24. The van der Waals surface area contributed by atoms with E-state index in [1.807, 2.05) is 6.07 Å². The van der Waals surface area contributed by atoms with Crippen molar-refractivity contribution >= 4 is 0 Å². The number of likely N-dealkylation sites (N-methyl/N-ethyl adjacent to an activating group) is 1. The lowest BCUT2D eigenvalue weighted by Gasteiger charge is -2.15. The molecule has 0 aliphatic carbocycles. The van der Waals surface area contributed by atoms with E-state index in [0.717, 1.165) is 44.8 Å². The van der Waals surface area contributed by atoms with Crippen LogP contribution < -0.4 is 5.32 Å². The number of nitrogens with zero attached hydrogens (tertiary/aromatic N) is 1. The van der Waals surface area contributed by atoms with Crippen molar-refractivity contribution in [2.75, 3.05) is 40.4 Å². The molecule has 1 rings (SSSR count). The minimum atomic E-state index is -0.173. The van der Waals surface area contributed by atoms with Crippen LogP contribution in [0.5, 0.6) is 0 Å². The van der Waals surface area contributed by atoms with E-state index in [9.17, 15) is 4.39 Å². The third kappa shape index (κ3) is 6.69. The average molecular weight is 254 g/mol. The first kappa shape index (κ1) is 15.1. The summed E-state index contributed by atoms with van der Waals surface area (Å²) in [5, 5.41) is 3.32. The summed E-state index contributed by atoms with van der Waals surface area (Å²) < 4.78 is 17.9. The minimum Gasteiger partial charge on any atom is -0.383 e. The Morgan fingerprint density at radius 3 is 2.89 bits per heavy atom. The highest BCUT2D eigenvalue weighted by Gasteiger charge is 1.98. The summed E-state index contributed by atoms with van der Waals surface area (Å²) in [7, 11) is 3.81. The summed E-state index contributed by atoms with van der Waals surface area (Å²) in [5.41, 5.74) is 0.989. The number of hydrogen-bond donors (Lipinski definition) is 1. The monoisotopic (exact) mass is 254 g/mol. The molecule has 1 aromatic carbocycles. The Bertz CT molecular complexity index is 333. The molecule has 0 spiro atoms. The number of benzene rings is 1. The van der Waals surface area contributed by atoms with Crippen LogP contribution in [-0.4, -0.2) is 45.3 Å². The Morgan fingerprint density at radius 2 is 2.17 bits per heavy atom. The fraction of sp³-hybridized carbons (Fsp3) is 0.571.